The average molecular weight is 525 g/mol. The SMILES string of the molecule is CC(C)c1cccc(C(C)C)c1N=Cc1cc(C(C)(C)C)cc(C=Nc2c(C(C)C)cccc2C(C)C)c1O. The van der Waals surface area contributed by atoms with Gasteiger partial charge < -0.3 is 5.11 Å². The van der Waals surface area contributed by atoms with Gasteiger partial charge in [0.25, 0.3) is 0 Å². The van der Waals surface area contributed by atoms with E-state index in [1.807, 2.05) is 12.4 Å². The molecule has 0 saturated heterocycles. The van der Waals surface area contributed by atoms with Gasteiger partial charge in [0, 0.05) is 23.6 Å². The molecule has 0 heterocycles. The van der Waals surface area contributed by atoms with Gasteiger partial charge in [0.05, 0.1) is 11.4 Å². The van der Waals surface area contributed by atoms with E-state index in [-0.39, 0.29) is 11.2 Å². The second-order valence-corrected chi connectivity index (χ2v) is 13.0. The minimum absolute atomic E-state index is 0.100. The first-order chi connectivity index (χ1) is 18.2. The Hall–Kier alpha value is -3.20. The Bertz CT molecular complexity index is 1200. The summed E-state index contributed by atoms with van der Waals surface area (Å²) in [5, 5.41) is 11.5. The van der Waals surface area contributed by atoms with Crippen molar-refractivity contribution in [3.63, 3.8) is 0 Å². The predicted octanol–water partition coefficient (Wildman–Crippen LogP) is 10.7. The van der Waals surface area contributed by atoms with Crippen LogP contribution in [-0.4, -0.2) is 17.5 Å². The highest BCUT2D eigenvalue weighted by Gasteiger charge is 2.19. The molecule has 1 N–H and O–H groups in total. The zero-order valence-corrected chi connectivity index (χ0v) is 25.9. The molecule has 0 saturated carbocycles. The van der Waals surface area contributed by atoms with Crippen LogP contribution >= 0.6 is 0 Å². The molecule has 3 rings (SSSR count). The summed E-state index contributed by atoms with van der Waals surface area (Å²) < 4.78 is 0. The molecular formula is C36H48N2O. The van der Waals surface area contributed by atoms with Gasteiger partial charge in [-0.2, -0.15) is 0 Å². The summed E-state index contributed by atoms with van der Waals surface area (Å²) in [6.45, 7) is 24.2. The molecule has 0 amide bonds. The van der Waals surface area contributed by atoms with Crippen molar-refractivity contribution in [2.24, 2.45) is 9.98 Å². The van der Waals surface area contributed by atoms with Gasteiger partial charge in [-0.05, 0) is 69.0 Å². The summed E-state index contributed by atoms with van der Waals surface area (Å²) in [6, 6.07) is 17.0. The number of phenolic OH excluding ortho intramolecular Hbond substituents is 1. The Balaban J connectivity index is 2.20. The number of nitrogens with zero attached hydrogens (tertiary/aromatic N) is 2. The lowest BCUT2D eigenvalue weighted by atomic mass is 9.85. The van der Waals surface area contributed by atoms with Gasteiger partial charge in [0.1, 0.15) is 5.75 Å². The molecule has 208 valence electrons. The smallest absolute Gasteiger partial charge is 0.133 e. The molecule has 3 nitrogen and oxygen atoms in total. The first-order valence-electron chi connectivity index (χ1n) is 14.4. The molecular weight excluding hydrogens is 476 g/mol. The van der Waals surface area contributed by atoms with E-state index in [4.69, 9.17) is 9.98 Å². The number of phenols is 1. The minimum Gasteiger partial charge on any atom is -0.507 e. The third-order valence-corrected chi connectivity index (χ3v) is 7.39. The molecule has 0 atom stereocenters. The number of hydrogen-bond acceptors (Lipinski definition) is 3. The molecule has 3 heteroatoms. The van der Waals surface area contributed by atoms with E-state index in [2.05, 4.69) is 125 Å². The normalized spacial score (nSPS) is 12.8. The lowest BCUT2D eigenvalue weighted by molar-refractivity contribution is 0.472. The van der Waals surface area contributed by atoms with Crippen LogP contribution in [0.25, 0.3) is 0 Å². The summed E-state index contributed by atoms with van der Waals surface area (Å²) in [6.07, 6.45) is 3.66. The maximum absolute atomic E-state index is 11.5. The summed E-state index contributed by atoms with van der Waals surface area (Å²) in [5.74, 6) is 1.61. The maximum Gasteiger partial charge on any atom is 0.133 e. The van der Waals surface area contributed by atoms with Crippen LogP contribution in [0.5, 0.6) is 5.75 Å². The Morgan fingerprint density at radius 3 is 1.15 bits per heavy atom. The summed E-state index contributed by atoms with van der Waals surface area (Å²) in [7, 11) is 0. The number of aromatic hydroxyl groups is 1. The average Bonchev–Trinajstić information content (AvgIpc) is 2.85. The van der Waals surface area contributed by atoms with Gasteiger partial charge in [0.2, 0.25) is 0 Å². The van der Waals surface area contributed by atoms with Crippen molar-refractivity contribution in [3.05, 3.63) is 87.5 Å². The molecule has 0 unspecified atom stereocenters. The lowest BCUT2D eigenvalue weighted by Gasteiger charge is -2.21. The van der Waals surface area contributed by atoms with Crippen molar-refractivity contribution in [2.75, 3.05) is 0 Å². The van der Waals surface area contributed by atoms with Crippen LogP contribution in [0.4, 0.5) is 11.4 Å². The van der Waals surface area contributed by atoms with E-state index in [0.29, 0.717) is 34.8 Å². The fourth-order valence-corrected chi connectivity index (χ4v) is 4.90. The molecule has 0 bridgehead atoms. The molecule has 0 fully saturated rings. The van der Waals surface area contributed by atoms with E-state index in [1.54, 1.807) is 0 Å². The van der Waals surface area contributed by atoms with Crippen molar-refractivity contribution < 1.29 is 5.11 Å². The van der Waals surface area contributed by atoms with Gasteiger partial charge >= 0.3 is 0 Å². The largest absolute Gasteiger partial charge is 0.507 e. The van der Waals surface area contributed by atoms with E-state index >= 15 is 0 Å². The van der Waals surface area contributed by atoms with Crippen molar-refractivity contribution in [1.82, 2.24) is 0 Å². The van der Waals surface area contributed by atoms with Crippen molar-refractivity contribution >= 4 is 23.8 Å². The van der Waals surface area contributed by atoms with Crippen LogP contribution in [0.2, 0.25) is 0 Å². The zero-order valence-electron chi connectivity index (χ0n) is 25.9. The standard InChI is InChI=1S/C36H48N2O/c1-22(2)29-14-12-15-30(23(3)4)33(29)37-20-26-18-28(36(9,10)11)19-27(35(26)39)21-38-34-31(24(5)6)16-13-17-32(34)25(7)8/h12-25,39H,1-11H3. The van der Waals surface area contributed by atoms with E-state index in [1.165, 1.54) is 22.3 Å². The second kappa shape index (κ2) is 12.3. The second-order valence-electron chi connectivity index (χ2n) is 13.0. The fraction of sp³-hybridized carbons (Fsp3) is 0.444. The first kappa shape index (κ1) is 30.3. The molecule has 0 aliphatic carbocycles. The van der Waals surface area contributed by atoms with Gasteiger partial charge in [-0.1, -0.05) is 113 Å². The third kappa shape index (κ3) is 7.06. The van der Waals surface area contributed by atoms with Gasteiger partial charge in [0.15, 0.2) is 0 Å². The Morgan fingerprint density at radius 2 is 0.897 bits per heavy atom. The predicted molar refractivity (Wildman–Crippen MR) is 171 cm³/mol. The monoisotopic (exact) mass is 524 g/mol. The maximum atomic E-state index is 11.5. The first-order valence-corrected chi connectivity index (χ1v) is 14.4. The third-order valence-electron chi connectivity index (χ3n) is 7.39. The van der Waals surface area contributed by atoms with Crippen molar-refractivity contribution in [2.45, 2.75) is 105 Å². The molecule has 0 aliphatic rings. The molecule has 0 radical (unpaired) electrons. The Morgan fingerprint density at radius 1 is 0.590 bits per heavy atom. The summed E-state index contributed by atoms with van der Waals surface area (Å²) in [5.41, 5.74) is 9.33. The van der Waals surface area contributed by atoms with E-state index < -0.39 is 0 Å². The number of para-hydroxylation sites is 2. The molecule has 0 aliphatic heterocycles. The zero-order chi connectivity index (χ0) is 29.1. The lowest BCUT2D eigenvalue weighted by Crippen LogP contribution is -2.12. The molecule has 39 heavy (non-hydrogen) atoms. The highest BCUT2D eigenvalue weighted by molar-refractivity contribution is 5.94. The van der Waals surface area contributed by atoms with E-state index in [9.17, 15) is 5.11 Å². The van der Waals surface area contributed by atoms with Gasteiger partial charge in [-0.3, -0.25) is 9.98 Å². The highest BCUT2D eigenvalue weighted by Crippen LogP contribution is 2.37. The molecule has 3 aromatic carbocycles. The van der Waals surface area contributed by atoms with Gasteiger partial charge in [-0.15, -0.1) is 0 Å². The number of rotatable bonds is 8. The molecule has 0 aromatic heterocycles. The van der Waals surface area contributed by atoms with Crippen LogP contribution in [0.1, 0.15) is 139 Å². The number of aliphatic imine (C=N–C) groups is 2. The Kier molecular flexibility index (Phi) is 9.59. The van der Waals surface area contributed by atoms with Crippen LogP contribution in [0.3, 0.4) is 0 Å². The van der Waals surface area contributed by atoms with Crippen LogP contribution < -0.4 is 0 Å². The number of benzene rings is 3. The topological polar surface area (TPSA) is 45.0 Å². The summed E-state index contributed by atoms with van der Waals surface area (Å²) >= 11 is 0. The molecule has 0 spiro atoms. The van der Waals surface area contributed by atoms with Crippen LogP contribution in [-0.2, 0) is 5.41 Å². The van der Waals surface area contributed by atoms with Crippen molar-refractivity contribution in [1.29, 1.82) is 0 Å². The van der Waals surface area contributed by atoms with E-state index in [0.717, 1.165) is 16.9 Å². The quantitative estimate of drug-likeness (QED) is 0.293. The van der Waals surface area contributed by atoms with Crippen LogP contribution in [0.15, 0.2) is 58.5 Å². The Labute approximate surface area is 237 Å². The minimum atomic E-state index is -0.100. The van der Waals surface area contributed by atoms with Crippen LogP contribution in [0, 0.1) is 0 Å². The number of hydrogen-bond donors (Lipinski definition) is 1. The van der Waals surface area contributed by atoms with Gasteiger partial charge in [-0.25, -0.2) is 0 Å². The highest BCUT2D eigenvalue weighted by atomic mass is 16.3. The van der Waals surface area contributed by atoms with Crippen molar-refractivity contribution in [3.8, 4) is 5.75 Å². The molecule has 3 aromatic rings. The fourth-order valence-electron chi connectivity index (χ4n) is 4.90. The summed E-state index contributed by atoms with van der Waals surface area (Å²) in [4.78, 5) is 10.0.